The molecule has 3 unspecified atom stereocenters. The van der Waals surface area contributed by atoms with Gasteiger partial charge in [0.25, 0.3) is 0 Å². The highest BCUT2D eigenvalue weighted by molar-refractivity contribution is 6.44. The Kier molecular flexibility index (Phi) is 4.02. The molecule has 5 heteroatoms. The van der Waals surface area contributed by atoms with Crippen LogP contribution in [0.1, 0.15) is 49.1 Å². The van der Waals surface area contributed by atoms with E-state index in [2.05, 4.69) is 28.9 Å². The number of hydrogen-bond acceptors (Lipinski definition) is 3. The van der Waals surface area contributed by atoms with Crippen molar-refractivity contribution in [3.05, 3.63) is 27.2 Å². The molecule has 4 atom stereocenters. The van der Waals surface area contributed by atoms with Crippen LogP contribution in [0.25, 0.3) is 0 Å². The third-order valence-corrected chi connectivity index (χ3v) is 6.30. The van der Waals surface area contributed by atoms with Crippen molar-refractivity contribution in [1.29, 1.82) is 0 Å². The SMILES string of the molecule is C[C@@H]1CC2Nc3c(Cl)c(Cl)cc(C4CCCNC4)c3C2CN1. The largest absolute Gasteiger partial charge is 0.380 e. The summed E-state index contributed by atoms with van der Waals surface area (Å²) >= 11 is 13.0. The molecule has 0 aromatic heterocycles. The molecule has 2 fully saturated rings. The first kappa shape index (κ1) is 15.1. The maximum Gasteiger partial charge on any atom is 0.0826 e. The molecular weight excluding hydrogens is 317 g/mol. The summed E-state index contributed by atoms with van der Waals surface area (Å²) in [7, 11) is 0. The highest BCUT2D eigenvalue weighted by Gasteiger charge is 2.40. The van der Waals surface area contributed by atoms with E-state index in [-0.39, 0.29) is 0 Å². The van der Waals surface area contributed by atoms with E-state index in [1.54, 1.807) is 0 Å². The monoisotopic (exact) mass is 339 g/mol. The van der Waals surface area contributed by atoms with Crippen LogP contribution in [0.3, 0.4) is 0 Å². The van der Waals surface area contributed by atoms with Crippen molar-refractivity contribution in [2.45, 2.75) is 50.1 Å². The molecule has 3 heterocycles. The van der Waals surface area contributed by atoms with E-state index in [9.17, 15) is 0 Å². The van der Waals surface area contributed by atoms with Crippen LogP contribution in [-0.2, 0) is 0 Å². The zero-order valence-corrected chi connectivity index (χ0v) is 14.4. The van der Waals surface area contributed by atoms with E-state index >= 15 is 0 Å². The highest BCUT2D eigenvalue weighted by Crippen LogP contribution is 2.49. The van der Waals surface area contributed by atoms with Crippen molar-refractivity contribution in [1.82, 2.24) is 10.6 Å². The van der Waals surface area contributed by atoms with Crippen LogP contribution in [0.4, 0.5) is 5.69 Å². The number of rotatable bonds is 1. The number of fused-ring (bicyclic) bond motifs is 3. The fourth-order valence-electron chi connectivity index (χ4n) is 4.40. The summed E-state index contributed by atoms with van der Waals surface area (Å²) in [5.74, 6) is 1.06. The number of piperidine rings is 2. The zero-order valence-electron chi connectivity index (χ0n) is 12.9. The standard InChI is InChI=1S/C17H23Cl2N3/c1-9-5-14-12(8-21-9)15-11(10-3-2-4-20-7-10)6-13(18)16(19)17(15)22-14/h6,9-10,12,14,20-22H,2-5,7-8H2,1H3/t9-,10?,12?,14?/m1/s1. The number of halogens is 2. The molecule has 0 amide bonds. The molecule has 1 aromatic rings. The van der Waals surface area contributed by atoms with Gasteiger partial charge in [-0.2, -0.15) is 0 Å². The molecular formula is C17H23Cl2N3. The van der Waals surface area contributed by atoms with Gasteiger partial charge in [-0.1, -0.05) is 23.2 Å². The van der Waals surface area contributed by atoms with E-state index in [1.165, 1.54) is 24.0 Å². The average Bonchev–Trinajstić information content (AvgIpc) is 2.90. The summed E-state index contributed by atoms with van der Waals surface area (Å²) in [4.78, 5) is 0. The molecule has 4 rings (SSSR count). The Hall–Kier alpha value is -0.480. The van der Waals surface area contributed by atoms with Gasteiger partial charge in [0, 0.05) is 31.1 Å². The van der Waals surface area contributed by atoms with Crippen LogP contribution in [0.15, 0.2) is 6.07 Å². The van der Waals surface area contributed by atoms with Crippen molar-refractivity contribution in [2.24, 2.45) is 0 Å². The average molecular weight is 340 g/mol. The van der Waals surface area contributed by atoms with Gasteiger partial charge in [-0.3, -0.25) is 0 Å². The molecule has 3 nitrogen and oxygen atoms in total. The number of anilines is 1. The molecule has 0 spiro atoms. The predicted molar refractivity (Wildman–Crippen MR) is 93.5 cm³/mol. The van der Waals surface area contributed by atoms with Gasteiger partial charge in [0.15, 0.2) is 0 Å². The predicted octanol–water partition coefficient (Wildman–Crippen LogP) is 3.72. The molecule has 1 aromatic carbocycles. The lowest BCUT2D eigenvalue weighted by Crippen LogP contribution is -2.44. The Morgan fingerprint density at radius 1 is 1.23 bits per heavy atom. The van der Waals surface area contributed by atoms with E-state index in [1.807, 2.05) is 0 Å². The second kappa shape index (κ2) is 5.86. The molecule has 0 bridgehead atoms. The minimum Gasteiger partial charge on any atom is -0.380 e. The minimum atomic E-state index is 0.484. The minimum absolute atomic E-state index is 0.484. The summed E-state index contributed by atoms with van der Waals surface area (Å²) in [6.07, 6.45) is 3.60. The van der Waals surface area contributed by atoms with Crippen LogP contribution in [-0.4, -0.2) is 31.7 Å². The summed E-state index contributed by atoms with van der Waals surface area (Å²) < 4.78 is 0. The van der Waals surface area contributed by atoms with Crippen molar-refractivity contribution in [2.75, 3.05) is 25.0 Å². The number of benzene rings is 1. The molecule has 0 radical (unpaired) electrons. The third kappa shape index (κ3) is 2.43. The van der Waals surface area contributed by atoms with E-state index in [0.29, 0.717) is 34.0 Å². The normalized spacial score (nSPS) is 34.0. The van der Waals surface area contributed by atoms with E-state index in [0.717, 1.165) is 31.7 Å². The molecule has 0 aliphatic carbocycles. The first-order valence-electron chi connectivity index (χ1n) is 8.37. The molecule has 0 saturated carbocycles. The second-order valence-corrected chi connectivity index (χ2v) is 7.78. The van der Waals surface area contributed by atoms with Gasteiger partial charge in [0.2, 0.25) is 0 Å². The van der Waals surface area contributed by atoms with Gasteiger partial charge in [-0.15, -0.1) is 0 Å². The maximum absolute atomic E-state index is 6.52. The molecule has 2 saturated heterocycles. The Bertz CT molecular complexity index is 584. The van der Waals surface area contributed by atoms with Gasteiger partial charge in [-0.25, -0.2) is 0 Å². The molecule has 120 valence electrons. The van der Waals surface area contributed by atoms with Gasteiger partial charge >= 0.3 is 0 Å². The van der Waals surface area contributed by atoms with Crippen molar-refractivity contribution < 1.29 is 0 Å². The Morgan fingerprint density at radius 2 is 2.09 bits per heavy atom. The Morgan fingerprint density at radius 3 is 2.86 bits per heavy atom. The smallest absolute Gasteiger partial charge is 0.0826 e. The lowest BCUT2D eigenvalue weighted by molar-refractivity contribution is 0.365. The Labute approximate surface area is 142 Å². The van der Waals surface area contributed by atoms with Gasteiger partial charge in [-0.05, 0) is 55.8 Å². The number of nitrogens with one attached hydrogen (secondary N) is 3. The first-order chi connectivity index (χ1) is 10.6. The lowest BCUT2D eigenvalue weighted by atomic mass is 9.80. The van der Waals surface area contributed by atoms with Gasteiger partial charge < -0.3 is 16.0 Å². The zero-order chi connectivity index (χ0) is 15.3. The molecule has 3 aliphatic rings. The molecule has 22 heavy (non-hydrogen) atoms. The van der Waals surface area contributed by atoms with E-state index in [4.69, 9.17) is 23.2 Å². The summed E-state index contributed by atoms with van der Waals surface area (Å²) in [6.45, 7) is 5.45. The third-order valence-electron chi connectivity index (χ3n) is 5.51. The Balaban J connectivity index is 1.78. The first-order valence-corrected chi connectivity index (χ1v) is 9.13. The van der Waals surface area contributed by atoms with Crippen molar-refractivity contribution >= 4 is 28.9 Å². The summed E-state index contributed by atoms with van der Waals surface area (Å²) in [5, 5.41) is 12.2. The fraction of sp³-hybridized carbons (Fsp3) is 0.647. The molecule has 3 N–H and O–H groups in total. The van der Waals surface area contributed by atoms with Crippen molar-refractivity contribution in [3.63, 3.8) is 0 Å². The highest BCUT2D eigenvalue weighted by atomic mass is 35.5. The van der Waals surface area contributed by atoms with Crippen LogP contribution in [0.2, 0.25) is 10.0 Å². The topological polar surface area (TPSA) is 36.1 Å². The van der Waals surface area contributed by atoms with Crippen LogP contribution in [0.5, 0.6) is 0 Å². The van der Waals surface area contributed by atoms with Crippen LogP contribution < -0.4 is 16.0 Å². The summed E-state index contributed by atoms with van der Waals surface area (Å²) in [5.41, 5.74) is 3.93. The number of hydrogen-bond donors (Lipinski definition) is 3. The quantitative estimate of drug-likeness (QED) is 0.729. The summed E-state index contributed by atoms with van der Waals surface area (Å²) in [6, 6.07) is 3.16. The maximum atomic E-state index is 6.52. The second-order valence-electron chi connectivity index (χ2n) is 7.00. The van der Waals surface area contributed by atoms with Gasteiger partial charge in [0.1, 0.15) is 0 Å². The van der Waals surface area contributed by atoms with E-state index < -0.39 is 0 Å². The lowest BCUT2D eigenvalue weighted by Gasteiger charge is -2.33. The molecule has 3 aliphatic heterocycles. The van der Waals surface area contributed by atoms with Gasteiger partial charge in [0.05, 0.1) is 15.7 Å². The fourth-order valence-corrected chi connectivity index (χ4v) is 4.83. The van der Waals surface area contributed by atoms with Crippen LogP contribution in [0, 0.1) is 0 Å². The van der Waals surface area contributed by atoms with Crippen LogP contribution >= 0.6 is 23.2 Å². The van der Waals surface area contributed by atoms with Crippen molar-refractivity contribution in [3.8, 4) is 0 Å².